The molecule has 0 aliphatic carbocycles. The summed E-state index contributed by atoms with van der Waals surface area (Å²) in [7, 11) is 0.690. The molecule has 3 aromatic carbocycles. The molecule has 0 aliphatic rings. The van der Waals surface area contributed by atoms with Crippen LogP contribution in [0.15, 0.2) is 77.5 Å². The van der Waals surface area contributed by atoms with Gasteiger partial charge < -0.3 is 18.8 Å². The largest absolute Gasteiger partial charge is 0.497 e. The Morgan fingerprint density at radius 2 is 1.37 bits per heavy atom. The van der Waals surface area contributed by atoms with Crippen LogP contribution in [0.1, 0.15) is 49.4 Å². The van der Waals surface area contributed by atoms with E-state index in [-0.39, 0.29) is 16.4 Å². The fraction of sp³-hybridized carbons (Fsp3) is 0.324. The van der Waals surface area contributed by atoms with Crippen molar-refractivity contribution >= 4 is 35.7 Å². The van der Waals surface area contributed by atoms with E-state index in [1.54, 1.807) is 24.9 Å². The van der Waals surface area contributed by atoms with E-state index in [4.69, 9.17) is 29.0 Å². The first-order valence-electron chi connectivity index (χ1n) is 14.8. The van der Waals surface area contributed by atoms with E-state index in [0.29, 0.717) is 29.2 Å². The first-order chi connectivity index (χ1) is 21.8. The van der Waals surface area contributed by atoms with Gasteiger partial charge in [0.25, 0.3) is 0 Å². The van der Waals surface area contributed by atoms with Gasteiger partial charge in [-0.2, -0.15) is 0 Å². The molecule has 0 radical (unpaired) electrons. The molecule has 1 unspecified atom stereocenters. The predicted octanol–water partition coefficient (Wildman–Crippen LogP) is 8.50. The monoisotopic (exact) mass is 709 g/mol. The zero-order chi connectivity index (χ0) is 33.2. The van der Waals surface area contributed by atoms with Crippen LogP contribution in [0, 0.1) is 11.6 Å². The van der Waals surface area contributed by atoms with Gasteiger partial charge in [0.05, 0.1) is 26.0 Å². The van der Waals surface area contributed by atoms with Gasteiger partial charge in [0.1, 0.15) is 33.8 Å². The van der Waals surface area contributed by atoms with Gasteiger partial charge in [-0.25, -0.2) is 23.3 Å². The van der Waals surface area contributed by atoms with Gasteiger partial charge in [-0.3, -0.25) is 0 Å². The van der Waals surface area contributed by atoms with Crippen LogP contribution in [0.3, 0.4) is 0 Å². The average Bonchev–Trinajstić information content (AvgIpc) is 3.43. The van der Waals surface area contributed by atoms with Crippen LogP contribution in [0.5, 0.6) is 11.5 Å². The first-order valence-corrected chi connectivity index (χ1v) is 18.5. The first kappa shape index (κ1) is 33.5. The normalized spacial score (nSPS) is 12.7. The van der Waals surface area contributed by atoms with Crippen molar-refractivity contribution in [3.63, 3.8) is 0 Å². The third-order valence-corrected chi connectivity index (χ3v) is 13.2. The lowest BCUT2D eigenvalue weighted by Gasteiger charge is -2.38. The number of hydrogen-bond acceptors (Lipinski definition) is 7. The van der Waals surface area contributed by atoms with E-state index in [2.05, 4.69) is 41.6 Å². The highest BCUT2D eigenvalue weighted by Crippen LogP contribution is 2.42. The predicted molar refractivity (Wildman–Crippen MR) is 181 cm³/mol. The van der Waals surface area contributed by atoms with Crippen LogP contribution in [-0.4, -0.2) is 42.1 Å². The van der Waals surface area contributed by atoms with Crippen molar-refractivity contribution in [3.8, 4) is 11.5 Å². The fourth-order valence-electron chi connectivity index (χ4n) is 4.77. The molecule has 2 aromatic heterocycles. The molecular weight excluding hydrogens is 672 g/mol. The lowest BCUT2D eigenvalue weighted by molar-refractivity contribution is 0.203. The highest BCUT2D eigenvalue weighted by Gasteiger charge is 2.42. The average molecular weight is 711 g/mol. The maximum atomic E-state index is 15.4. The number of nitrogens with zero attached hydrogens (tertiary/aromatic N) is 5. The Kier molecular flexibility index (Phi) is 9.80. The lowest BCUT2D eigenvalue weighted by Crippen LogP contribution is -2.42. The third-order valence-electron chi connectivity index (χ3n) is 8.37. The number of ether oxygens (including phenoxy) is 2. The van der Waals surface area contributed by atoms with Gasteiger partial charge in [-0.1, -0.05) is 51.1 Å². The number of aromatic nitrogens is 4. The summed E-state index contributed by atoms with van der Waals surface area (Å²) in [4.78, 5) is 11.8. The summed E-state index contributed by atoms with van der Waals surface area (Å²) in [6.45, 7) is 11.2. The molecule has 0 amide bonds. The number of anilines is 1. The summed E-state index contributed by atoms with van der Waals surface area (Å²) in [6, 6.07) is 19.4. The standard InChI is InChI=1S/C34H38BrF2N5O3Si/c1-34(2,3)46(6,7)45-30(29-26(36)9-8-10-27(29)37)31-39-33-32(38-28(35)21-42(33)40-31)41(19-22-11-15-24(43-4)16-12-22)20-23-13-17-25(44-5)18-14-23/h8-18,21,30H,19-20H2,1-7H3. The third kappa shape index (κ3) is 7.24. The Labute approximate surface area is 277 Å². The Morgan fingerprint density at radius 1 is 0.848 bits per heavy atom. The Hall–Kier alpha value is -3.87. The molecule has 12 heteroatoms. The van der Waals surface area contributed by atoms with E-state index in [1.807, 2.05) is 61.6 Å². The number of benzene rings is 3. The maximum Gasteiger partial charge on any atom is 0.198 e. The second-order valence-electron chi connectivity index (χ2n) is 12.6. The van der Waals surface area contributed by atoms with E-state index in [1.165, 1.54) is 18.2 Å². The summed E-state index contributed by atoms with van der Waals surface area (Å²) < 4.78 is 50.2. The van der Waals surface area contributed by atoms with Crippen LogP contribution < -0.4 is 14.4 Å². The van der Waals surface area contributed by atoms with Crippen LogP contribution in [0.25, 0.3) is 5.65 Å². The van der Waals surface area contributed by atoms with E-state index >= 15 is 8.78 Å². The molecule has 5 aromatic rings. The van der Waals surface area contributed by atoms with E-state index in [0.717, 1.165) is 22.6 Å². The Morgan fingerprint density at radius 3 is 1.85 bits per heavy atom. The molecule has 5 rings (SSSR count). The van der Waals surface area contributed by atoms with Crippen molar-refractivity contribution in [1.82, 2.24) is 19.6 Å². The second-order valence-corrected chi connectivity index (χ2v) is 18.1. The molecule has 0 bridgehead atoms. The number of fused-ring (bicyclic) bond motifs is 1. The molecule has 0 saturated heterocycles. The molecular formula is C34H38BrF2N5O3Si. The molecule has 8 nitrogen and oxygen atoms in total. The number of methoxy groups -OCH3 is 2. The zero-order valence-corrected chi connectivity index (χ0v) is 29.6. The molecule has 1 atom stereocenters. The highest BCUT2D eigenvalue weighted by atomic mass is 79.9. The molecule has 0 aliphatic heterocycles. The van der Waals surface area contributed by atoms with Crippen LogP contribution >= 0.6 is 15.9 Å². The minimum absolute atomic E-state index is 0.142. The molecule has 242 valence electrons. The van der Waals surface area contributed by atoms with Crippen LogP contribution in [0.2, 0.25) is 18.1 Å². The van der Waals surface area contributed by atoms with Gasteiger partial charge >= 0.3 is 0 Å². The molecule has 0 saturated carbocycles. The smallest absolute Gasteiger partial charge is 0.198 e. The van der Waals surface area contributed by atoms with Gasteiger partial charge in [-0.05, 0) is 81.6 Å². The van der Waals surface area contributed by atoms with Crippen molar-refractivity contribution < 1.29 is 22.7 Å². The zero-order valence-electron chi connectivity index (χ0n) is 27.0. The highest BCUT2D eigenvalue weighted by molar-refractivity contribution is 9.10. The summed E-state index contributed by atoms with van der Waals surface area (Å²) >= 11 is 3.55. The molecule has 0 spiro atoms. The van der Waals surface area contributed by atoms with Gasteiger partial charge in [0, 0.05) is 13.1 Å². The number of hydrogen-bond donors (Lipinski definition) is 0. The van der Waals surface area contributed by atoms with E-state index < -0.39 is 26.1 Å². The molecule has 46 heavy (non-hydrogen) atoms. The summed E-state index contributed by atoms with van der Waals surface area (Å²) in [6.07, 6.45) is 0.500. The Balaban J connectivity index is 1.65. The lowest BCUT2D eigenvalue weighted by atomic mass is 10.1. The van der Waals surface area contributed by atoms with Gasteiger partial charge in [-0.15, -0.1) is 5.10 Å². The number of halogens is 3. The SMILES string of the molecule is COc1ccc(CN(Cc2ccc(OC)cc2)c2nc(Br)cn3nc(C(O[Si](C)(C)C(C)(C)C)c4c(F)cccc4F)nc23)cc1. The Bertz CT molecular complexity index is 1740. The maximum absolute atomic E-state index is 15.4. The van der Waals surface area contributed by atoms with Crippen molar-refractivity contribution in [2.45, 2.75) is 58.1 Å². The fourth-order valence-corrected chi connectivity index (χ4v) is 6.30. The second kappa shape index (κ2) is 13.5. The molecule has 0 N–H and O–H groups in total. The molecule has 2 heterocycles. The topological polar surface area (TPSA) is 74.0 Å². The molecule has 0 fully saturated rings. The van der Waals surface area contributed by atoms with Gasteiger partial charge in [0.2, 0.25) is 0 Å². The van der Waals surface area contributed by atoms with E-state index in [9.17, 15) is 0 Å². The quantitative estimate of drug-likeness (QED) is 0.127. The van der Waals surface area contributed by atoms with Crippen molar-refractivity contribution in [2.75, 3.05) is 19.1 Å². The summed E-state index contributed by atoms with van der Waals surface area (Å²) in [5, 5.41) is 4.50. The number of rotatable bonds is 11. The van der Waals surface area contributed by atoms with Crippen molar-refractivity contribution in [3.05, 3.63) is 112 Å². The minimum atomic E-state index is -2.57. The summed E-state index contributed by atoms with van der Waals surface area (Å²) in [5.74, 6) is 0.737. The minimum Gasteiger partial charge on any atom is -0.497 e. The van der Waals surface area contributed by atoms with Crippen LogP contribution in [-0.2, 0) is 17.5 Å². The summed E-state index contributed by atoms with van der Waals surface area (Å²) in [5.41, 5.74) is 2.23. The van der Waals surface area contributed by atoms with Gasteiger partial charge in [0.15, 0.2) is 25.6 Å². The van der Waals surface area contributed by atoms with Crippen molar-refractivity contribution in [2.24, 2.45) is 0 Å². The van der Waals surface area contributed by atoms with Crippen molar-refractivity contribution in [1.29, 1.82) is 0 Å². The van der Waals surface area contributed by atoms with Crippen LogP contribution in [0.4, 0.5) is 14.6 Å².